The number of guanidine groups is 1. The van der Waals surface area contributed by atoms with Gasteiger partial charge in [-0.3, -0.25) is 4.99 Å². The van der Waals surface area contributed by atoms with E-state index >= 15 is 0 Å². The first kappa shape index (κ1) is 22.9. The molecule has 10 heteroatoms. The maximum atomic E-state index is 12.1. The fourth-order valence-electron chi connectivity index (χ4n) is 2.97. The number of hydrogen-bond donors (Lipinski definition) is 3. The van der Waals surface area contributed by atoms with Gasteiger partial charge in [-0.05, 0) is 32.1 Å². The summed E-state index contributed by atoms with van der Waals surface area (Å²) in [5.41, 5.74) is 0. The molecule has 2 aliphatic rings. The summed E-state index contributed by atoms with van der Waals surface area (Å²) >= 11 is 0. The number of rotatable bonds is 6. The van der Waals surface area contributed by atoms with Gasteiger partial charge in [-0.2, -0.15) is 0 Å². The van der Waals surface area contributed by atoms with Crippen molar-refractivity contribution in [3.63, 3.8) is 0 Å². The van der Waals surface area contributed by atoms with E-state index in [4.69, 9.17) is 4.74 Å². The number of nitrogens with zero attached hydrogens (tertiary/aromatic N) is 2. The summed E-state index contributed by atoms with van der Waals surface area (Å²) in [5, 5.41) is 12.6. The monoisotopic (exact) mass is 490 g/mol. The number of aliphatic hydroxyl groups is 1. The van der Waals surface area contributed by atoms with E-state index in [0.29, 0.717) is 31.9 Å². The standard InChI is InChI=1S/C15H30N4O4S.HI/c1-16-15(19-8-5-13(20)6-9-19)17-7-11-24(21,22)18-12-14-4-2-3-10-23-14;/h13-14,18,20H,2-12H2,1H3,(H,16,17);1H. The van der Waals surface area contributed by atoms with Crippen molar-refractivity contribution in [1.82, 2.24) is 14.9 Å². The number of piperidine rings is 1. The third-order valence-corrected chi connectivity index (χ3v) is 5.78. The van der Waals surface area contributed by atoms with E-state index in [0.717, 1.165) is 39.0 Å². The van der Waals surface area contributed by atoms with E-state index in [-0.39, 0.29) is 41.9 Å². The molecule has 3 N–H and O–H groups in total. The molecule has 2 aliphatic heterocycles. The number of aliphatic hydroxyl groups excluding tert-OH is 1. The van der Waals surface area contributed by atoms with Crippen LogP contribution in [0.1, 0.15) is 32.1 Å². The van der Waals surface area contributed by atoms with Gasteiger partial charge in [0.15, 0.2) is 5.96 Å². The lowest BCUT2D eigenvalue weighted by molar-refractivity contribution is 0.0200. The lowest BCUT2D eigenvalue weighted by atomic mass is 10.1. The Hall–Kier alpha value is -0.170. The molecule has 0 aromatic rings. The predicted molar refractivity (Wildman–Crippen MR) is 109 cm³/mol. The largest absolute Gasteiger partial charge is 0.393 e. The Kier molecular flexibility index (Phi) is 10.5. The van der Waals surface area contributed by atoms with Crippen LogP contribution in [0.5, 0.6) is 0 Å². The van der Waals surface area contributed by atoms with Gasteiger partial charge in [0, 0.05) is 39.8 Å². The molecule has 2 fully saturated rings. The number of ether oxygens (including phenoxy) is 1. The normalized spacial score (nSPS) is 23.2. The van der Waals surface area contributed by atoms with Crippen LogP contribution in [0.2, 0.25) is 0 Å². The number of nitrogens with one attached hydrogen (secondary N) is 2. The quantitative estimate of drug-likeness (QED) is 0.278. The lowest BCUT2D eigenvalue weighted by Gasteiger charge is -2.32. The molecule has 148 valence electrons. The molecule has 0 aromatic carbocycles. The molecule has 8 nitrogen and oxygen atoms in total. The van der Waals surface area contributed by atoms with Crippen LogP contribution in [-0.2, 0) is 14.8 Å². The number of likely N-dealkylation sites (tertiary alicyclic amines) is 1. The second-order valence-corrected chi connectivity index (χ2v) is 8.27. The SMILES string of the molecule is CN=C(NCCS(=O)(=O)NCC1CCCCO1)N1CCC(O)CC1.I. The third kappa shape index (κ3) is 8.37. The van der Waals surface area contributed by atoms with Gasteiger partial charge in [0.05, 0.1) is 18.0 Å². The van der Waals surface area contributed by atoms with Crippen molar-refractivity contribution in [2.75, 3.05) is 45.6 Å². The van der Waals surface area contributed by atoms with E-state index in [2.05, 4.69) is 15.0 Å². The minimum Gasteiger partial charge on any atom is -0.393 e. The zero-order valence-electron chi connectivity index (χ0n) is 14.8. The van der Waals surface area contributed by atoms with Crippen molar-refractivity contribution in [3.8, 4) is 0 Å². The van der Waals surface area contributed by atoms with Crippen LogP contribution in [0.4, 0.5) is 0 Å². The Bertz CT molecular complexity index is 504. The second kappa shape index (κ2) is 11.5. The van der Waals surface area contributed by atoms with E-state index in [1.54, 1.807) is 7.05 Å². The molecular formula is C15H31IN4O4S. The lowest BCUT2D eigenvalue weighted by Crippen LogP contribution is -2.48. The van der Waals surface area contributed by atoms with E-state index < -0.39 is 10.0 Å². The van der Waals surface area contributed by atoms with Gasteiger partial charge in [0.2, 0.25) is 10.0 Å². The van der Waals surface area contributed by atoms with Crippen molar-refractivity contribution in [1.29, 1.82) is 0 Å². The molecule has 0 aromatic heterocycles. The molecule has 0 amide bonds. The highest BCUT2D eigenvalue weighted by molar-refractivity contribution is 14.0. The van der Waals surface area contributed by atoms with Crippen LogP contribution in [-0.4, -0.2) is 82.2 Å². The molecule has 2 rings (SSSR count). The third-order valence-electron chi connectivity index (χ3n) is 4.43. The maximum absolute atomic E-state index is 12.1. The molecular weight excluding hydrogens is 459 g/mol. The summed E-state index contributed by atoms with van der Waals surface area (Å²) < 4.78 is 32.3. The summed E-state index contributed by atoms with van der Waals surface area (Å²) in [4.78, 5) is 6.23. The van der Waals surface area contributed by atoms with Crippen LogP contribution < -0.4 is 10.0 Å². The van der Waals surface area contributed by atoms with Gasteiger partial charge in [-0.15, -0.1) is 24.0 Å². The summed E-state index contributed by atoms with van der Waals surface area (Å²) in [7, 11) is -1.65. The molecule has 1 atom stereocenters. The van der Waals surface area contributed by atoms with Crippen molar-refractivity contribution >= 4 is 40.0 Å². The molecule has 0 bridgehead atoms. The highest BCUT2D eigenvalue weighted by atomic mass is 127. The highest BCUT2D eigenvalue weighted by Gasteiger charge is 2.21. The van der Waals surface area contributed by atoms with E-state index in [1.807, 2.05) is 4.90 Å². The fourth-order valence-corrected chi connectivity index (χ4v) is 3.92. The maximum Gasteiger partial charge on any atom is 0.213 e. The smallest absolute Gasteiger partial charge is 0.213 e. The molecule has 25 heavy (non-hydrogen) atoms. The van der Waals surface area contributed by atoms with Crippen LogP contribution in [0.25, 0.3) is 0 Å². The summed E-state index contributed by atoms with van der Waals surface area (Å²) in [6, 6.07) is 0. The van der Waals surface area contributed by atoms with Crippen molar-refractivity contribution in [3.05, 3.63) is 0 Å². The van der Waals surface area contributed by atoms with Crippen molar-refractivity contribution < 1.29 is 18.3 Å². The number of hydrogen-bond acceptors (Lipinski definition) is 5. The Balaban J connectivity index is 0.00000312. The topological polar surface area (TPSA) is 103 Å². The molecule has 0 saturated carbocycles. The molecule has 0 spiro atoms. The summed E-state index contributed by atoms with van der Waals surface area (Å²) in [5.74, 6) is 0.683. The Morgan fingerprint density at radius 3 is 2.60 bits per heavy atom. The molecule has 0 radical (unpaired) electrons. The number of sulfonamides is 1. The molecule has 0 aliphatic carbocycles. The van der Waals surface area contributed by atoms with Gasteiger partial charge in [-0.25, -0.2) is 13.1 Å². The number of aliphatic imine (C=N–C) groups is 1. The minimum atomic E-state index is -3.33. The number of halogens is 1. The van der Waals surface area contributed by atoms with E-state index in [9.17, 15) is 13.5 Å². The zero-order valence-corrected chi connectivity index (χ0v) is 18.0. The van der Waals surface area contributed by atoms with Crippen LogP contribution in [0.3, 0.4) is 0 Å². The Morgan fingerprint density at radius 2 is 2.00 bits per heavy atom. The van der Waals surface area contributed by atoms with Gasteiger partial charge >= 0.3 is 0 Å². The average Bonchev–Trinajstić information content (AvgIpc) is 2.59. The fraction of sp³-hybridized carbons (Fsp3) is 0.933. The van der Waals surface area contributed by atoms with Crippen molar-refractivity contribution in [2.45, 2.75) is 44.3 Å². The average molecular weight is 490 g/mol. The van der Waals surface area contributed by atoms with Gasteiger partial charge in [-0.1, -0.05) is 0 Å². The Morgan fingerprint density at radius 1 is 1.28 bits per heavy atom. The summed E-state index contributed by atoms with van der Waals surface area (Å²) in [6.07, 6.45) is 4.23. The van der Waals surface area contributed by atoms with Gasteiger partial charge in [0.1, 0.15) is 0 Å². The first-order valence-corrected chi connectivity index (χ1v) is 10.4. The first-order valence-electron chi connectivity index (χ1n) is 8.73. The first-order chi connectivity index (χ1) is 11.5. The van der Waals surface area contributed by atoms with Gasteiger partial charge in [0.25, 0.3) is 0 Å². The van der Waals surface area contributed by atoms with Crippen molar-refractivity contribution in [2.24, 2.45) is 4.99 Å². The minimum absolute atomic E-state index is 0. The summed E-state index contributed by atoms with van der Waals surface area (Å²) in [6.45, 7) is 2.82. The second-order valence-electron chi connectivity index (χ2n) is 6.35. The zero-order chi connectivity index (χ0) is 17.4. The molecule has 2 saturated heterocycles. The predicted octanol–water partition coefficient (Wildman–Crippen LogP) is 0.125. The van der Waals surface area contributed by atoms with Crippen LogP contribution >= 0.6 is 24.0 Å². The van der Waals surface area contributed by atoms with Gasteiger partial charge < -0.3 is 20.1 Å². The van der Waals surface area contributed by atoms with Crippen LogP contribution in [0, 0.1) is 0 Å². The molecule has 1 unspecified atom stereocenters. The Labute approximate surface area is 167 Å². The van der Waals surface area contributed by atoms with E-state index in [1.165, 1.54) is 0 Å². The highest BCUT2D eigenvalue weighted by Crippen LogP contribution is 2.12. The molecule has 2 heterocycles. The van der Waals surface area contributed by atoms with Crippen LogP contribution in [0.15, 0.2) is 4.99 Å².